The molecule has 1 aliphatic rings. The Balaban J connectivity index is 2.61. The van der Waals surface area contributed by atoms with Crippen LogP contribution in [0.5, 0.6) is 5.75 Å². The van der Waals surface area contributed by atoms with E-state index in [1.165, 1.54) is 0 Å². The molecule has 2 rings (SSSR count). The molecule has 1 N–H and O–H groups in total. The van der Waals surface area contributed by atoms with E-state index in [-0.39, 0.29) is 0 Å². The average molecular weight is 232 g/mol. The van der Waals surface area contributed by atoms with Crippen molar-refractivity contribution in [1.29, 1.82) is 0 Å². The highest BCUT2D eigenvalue weighted by Crippen LogP contribution is 2.37. The van der Waals surface area contributed by atoms with Gasteiger partial charge < -0.3 is 10.1 Å². The van der Waals surface area contributed by atoms with Gasteiger partial charge in [-0.15, -0.1) is 0 Å². The van der Waals surface area contributed by atoms with Crippen molar-refractivity contribution < 1.29 is 4.74 Å². The van der Waals surface area contributed by atoms with Crippen LogP contribution in [0, 0.1) is 0 Å². The van der Waals surface area contributed by atoms with Gasteiger partial charge in [0.05, 0.1) is 12.1 Å². The molecule has 0 saturated heterocycles. The maximum absolute atomic E-state index is 6.10. The summed E-state index contributed by atoms with van der Waals surface area (Å²) in [4.78, 5) is 0. The third kappa shape index (κ3) is 1.58. The van der Waals surface area contributed by atoms with E-state index in [9.17, 15) is 0 Å². The summed E-state index contributed by atoms with van der Waals surface area (Å²) in [7, 11) is 1.64. The number of halogens is 2. The average Bonchev–Trinajstić information content (AvgIpc) is 2.18. The molecule has 0 aliphatic carbocycles. The van der Waals surface area contributed by atoms with Crippen molar-refractivity contribution in [2.45, 2.75) is 13.0 Å². The minimum Gasteiger partial charge on any atom is -0.495 e. The molecular formula is C10H11Cl2NO. The number of nitrogens with one attached hydrogen (secondary N) is 1. The smallest absolute Gasteiger partial charge is 0.141 e. The molecule has 0 atom stereocenters. The van der Waals surface area contributed by atoms with E-state index in [1.54, 1.807) is 13.2 Å². The van der Waals surface area contributed by atoms with Crippen LogP contribution in [-0.2, 0) is 13.0 Å². The fraction of sp³-hybridized carbons (Fsp3) is 0.400. The zero-order chi connectivity index (χ0) is 10.1. The van der Waals surface area contributed by atoms with Crippen LogP contribution >= 0.6 is 23.2 Å². The molecular weight excluding hydrogens is 221 g/mol. The predicted octanol–water partition coefficient (Wildman–Crippen LogP) is 2.65. The largest absolute Gasteiger partial charge is 0.495 e. The standard InChI is InChI=1S/C10H11Cl2NO/c1-14-10-6-2-3-13-5-7(6)8(11)4-9(10)12/h4,13H,2-3,5H2,1H3. The lowest BCUT2D eigenvalue weighted by Crippen LogP contribution is -2.24. The van der Waals surface area contributed by atoms with Crippen molar-refractivity contribution >= 4 is 23.2 Å². The summed E-state index contributed by atoms with van der Waals surface area (Å²) in [6.07, 6.45) is 0.915. The first kappa shape index (κ1) is 10.1. The molecule has 14 heavy (non-hydrogen) atoms. The van der Waals surface area contributed by atoms with E-state index in [0.29, 0.717) is 5.02 Å². The topological polar surface area (TPSA) is 21.3 Å². The minimum atomic E-state index is 0.596. The second-order valence-corrected chi connectivity index (χ2v) is 4.07. The van der Waals surface area contributed by atoms with Crippen LogP contribution < -0.4 is 10.1 Å². The van der Waals surface area contributed by atoms with Gasteiger partial charge in [-0.2, -0.15) is 0 Å². The van der Waals surface area contributed by atoms with Gasteiger partial charge in [0, 0.05) is 17.1 Å². The van der Waals surface area contributed by atoms with Crippen LogP contribution in [0.4, 0.5) is 0 Å². The van der Waals surface area contributed by atoms with Crippen molar-refractivity contribution in [2.24, 2.45) is 0 Å². The van der Waals surface area contributed by atoms with Gasteiger partial charge >= 0.3 is 0 Å². The maximum Gasteiger partial charge on any atom is 0.141 e. The maximum atomic E-state index is 6.10. The first-order chi connectivity index (χ1) is 6.74. The van der Waals surface area contributed by atoms with E-state index >= 15 is 0 Å². The fourth-order valence-electron chi connectivity index (χ4n) is 1.79. The van der Waals surface area contributed by atoms with Gasteiger partial charge in [-0.05, 0) is 24.6 Å². The Morgan fingerprint density at radius 2 is 2.07 bits per heavy atom. The summed E-state index contributed by atoms with van der Waals surface area (Å²) in [5, 5.41) is 4.59. The number of benzene rings is 1. The molecule has 0 fully saturated rings. The van der Waals surface area contributed by atoms with Crippen molar-refractivity contribution in [3.05, 3.63) is 27.2 Å². The second-order valence-electron chi connectivity index (χ2n) is 3.26. The summed E-state index contributed by atoms with van der Waals surface area (Å²) >= 11 is 12.1. The quantitative estimate of drug-likeness (QED) is 0.803. The van der Waals surface area contributed by atoms with Gasteiger partial charge in [-0.25, -0.2) is 0 Å². The normalized spacial score (nSPS) is 15.1. The Hall–Kier alpha value is -0.440. The lowest BCUT2D eigenvalue weighted by atomic mass is 10.00. The van der Waals surface area contributed by atoms with Gasteiger partial charge in [-0.1, -0.05) is 23.2 Å². The molecule has 1 aliphatic heterocycles. The molecule has 2 nitrogen and oxygen atoms in total. The fourth-order valence-corrected chi connectivity index (χ4v) is 2.44. The Bertz CT molecular complexity index is 345. The van der Waals surface area contributed by atoms with Gasteiger partial charge in [0.15, 0.2) is 0 Å². The van der Waals surface area contributed by atoms with Crippen molar-refractivity contribution in [1.82, 2.24) is 5.32 Å². The first-order valence-electron chi connectivity index (χ1n) is 4.48. The van der Waals surface area contributed by atoms with Crippen LogP contribution in [0.25, 0.3) is 0 Å². The molecule has 0 aromatic heterocycles. The van der Waals surface area contributed by atoms with E-state index in [4.69, 9.17) is 27.9 Å². The van der Waals surface area contributed by atoms with Crippen LogP contribution in [0.15, 0.2) is 6.07 Å². The van der Waals surface area contributed by atoms with E-state index in [2.05, 4.69) is 5.32 Å². The van der Waals surface area contributed by atoms with E-state index in [0.717, 1.165) is 41.4 Å². The molecule has 0 saturated carbocycles. The minimum absolute atomic E-state index is 0.596. The van der Waals surface area contributed by atoms with Gasteiger partial charge in [0.25, 0.3) is 0 Å². The number of fused-ring (bicyclic) bond motifs is 1. The monoisotopic (exact) mass is 231 g/mol. The Morgan fingerprint density at radius 1 is 1.29 bits per heavy atom. The van der Waals surface area contributed by atoms with Crippen LogP contribution in [0.2, 0.25) is 10.0 Å². The summed E-state index contributed by atoms with van der Waals surface area (Å²) < 4.78 is 5.28. The molecule has 0 bridgehead atoms. The zero-order valence-electron chi connectivity index (χ0n) is 7.86. The summed E-state index contributed by atoms with van der Waals surface area (Å²) in [5.74, 6) is 0.771. The first-order valence-corrected chi connectivity index (χ1v) is 5.24. The van der Waals surface area contributed by atoms with Crippen molar-refractivity contribution in [2.75, 3.05) is 13.7 Å². The predicted molar refractivity (Wildman–Crippen MR) is 58.4 cm³/mol. The van der Waals surface area contributed by atoms with Crippen LogP contribution in [0.1, 0.15) is 11.1 Å². The Morgan fingerprint density at radius 3 is 2.79 bits per heavy atom. The molecule has 0 spiro atoms. The van der Waals surface area contributed by atoms with Gasteiger partial charge in [0.2, 0.25) is 0 Å². The van der Waals surface area contributed by atoms with Crippen molar-refractivity contribution in [3.8, 4) is 5.75 Å². The number of ether oxygens (including phenoxy) is 1. The number of hydrogen-bond donors (Lipinski definition) is 1. The highest BCUT2D eigenvalue weighted by atomic mass is 35.5. The molecule has 1 aromatic rings. The number of hydrogen-bond acceptors (Lipinski definition) is 2. The zero-order valence-corrected chi connectivity index (χ0v) is 9.37. The second kappa shape index (κ2) is 3.97. The van der Waals surface area contributed by atoms with Crippen LogP contribution in [-0.4, -0.2) is 13.7 Å². The lowest BCUT2D eigenvalue weighted by molar-refractivity contribution is 0.406. The highest BCUT2D eigenvalue weighted by molar-refractivity contribution is 6.36. The Kier molecular flexibility index (Phi) is 2.86. The molecule has 0 unspecified atom stereocenters. The molecule has 1 heterocycles. The molecule has 76 valence electrons. The van der Waals surface area contributed by atoms with E-state index < -0.39 is 0 Å². The highest BCUT2D eigenvalue weighted by Gasteiger charge is 2.19. The molecule has 0 radical (unpaired) electrons. The molecule has 4 heteroatoms. The third-order valence-electron chi connectivity index (χ3n) is 2.45. The number of methoxy groups -OCH3 is 1. The van der Waals surface area contributed by atoms with Crippen molar-refractivity contribution in [3.63, 3.8) is 0 Å². The number of rotatable bonds is 1. The Labute approximate surface area is 93.2 Å². The summed E-state index contributed by atoms with van der Waals surface area (Å²) in [6.45, 7) is 1.74. The van der Waals surface area contributed by atoms with Gasteiger partial charge in [-0.3, -0.25) is 0 Å². The SMILES string of the molecule is COc1c(Cl)cc(Cl)c2c1CCNC2. The van der Waals surface area contributed by atoms with Crippen LogP contribution in [0.3, 0.4) is 0 Å². The third-order valence-corrected chi connectivity index (χ3v) is 3.07. The molecule has 0 amide bonds. The van der Waals surface area contributed by atoms with Gasteiger partial charge in [0.1, 0.15) is 5.75 Å². The molecule has 1 aromatic carbocycles. The summed E-state index contributed by atoms with van der Waals surface area (Å²) in [5.41, 5.74) is 2.25. The lowest BCUT2D eigenvalue weighted by Gasteiger charge is -2.21. The van der Waals surface area contributed by atoms with E-state index in [1.807, 2.05) is 0 Å². The summed E-state index contributed by atoms with van der Waals surface area (Å²) in [6, 6.07) is 1.74.